The Morgan fingerprint density at radius 3 is 2.31 bits per heavy atom. The Bertz CT molecular complexity index is 1080. The summed E-state index contributed by atoms with van der Waals surface area (Å²) in [5.74, 6) is 0.761. The second kappa shape index (κ2) is 12.6. The highest BCUT2D eigenvalue weighted by Gasteiger charge is 2.37. The number of hydrogen-bond acceptors (Lipinski definition) is 10. The van der Waals surface area contributed by atoms with E-state index >= 15 is 0 Å². The summed E-state index contributed by atoms with van der Waals surface area (Å²) in [5, 5.41) is 7.74. The number of aromatic nitrogens is 5. The molecule has 3 rings (SSSR count). The van der Waals surface area contributed by atoms with E-state index in [2.05, 4.69) is 24.9 Å². The predicted octanol–water partition coefficient (Wildman–Crippen LogP) is 3.09. The van der Waals surface area contributed by atoms with Gasteiger partial charge in [-0.1, -0.05) is 11.6 Å². The minimum Gasteiger partial charge on any atom is -0.382 e. The first kappa shape index (κ1) is 28.7. The number of rotatable bonds is 13. The fourth-order valence-corrected chi connectivity index (χ4v) is 5.24. The van der Waals surface area contributed by atoms with Crippen molar-refractivity contribution in [2.45, 2.75) is 76.2 Å². The lowest BCUT2D eigenvalue weighted by molar-refractivity contribution is 0.00153. The van der Waals surface area contributed by atoms with E-state index in [4.69, 9.17) is 30.5 Å². The second-order valence-corrected chi connectivity index (χ2v) is 11.5. The van der Waals surface area contributed by atoms with Gasteiger partial charge in [0.2, 0.25) is 16.0 Å². The van der Waals surface area contributed by atoms with E-state index in [0.717, 1.165) is 12.8 Å². The third-order valence-electron chi connectivity index (χ3n) is 5.79. The second-order valence-electron chi connectivity index (χ2n) is 9.05. The summed E-state index contributed by atoms with van der Waals surface area (Å²) < 4.78 is 54.2. The van der Waals surface area contributed by atoms with E-state index in [9.17, 15) is 8.42 Å². The van der Waals surface area contributed by atoms with Crippen LogP contribution >= 0.6 is 11.6 Å². The van der Waals surface area contributed by atoms with Gasteiger partial charge < -0.3 is 18.9 Å². The van der Waals surface area contributed by atoms with Gasteiger partial charge in [0.15, 0.2) is 11.6 Å². The minimum atomic E-state index is -4.06. The van der Waals surface area contributed by atoms with Crippen LogP contribution < -0.4 is 4.72 Å². The van der Waals surface area contributed by atoms with Crippen LogP contribution in [0.15, 0.2) is 12.4 Å². The molecule has 3 heterocycles. The van der Waals surface area contributed by atoms with Gasteiger partial charge in [-0.3, -0.25) is 9.29 Å². The van der Waals surface area contributed by atoms with Gasteiger partial charge in [-0.15, -0.1) is 10.2 Å². The lowest BCUT2D eigenvalue weighted by Gasteiger charge is -2.26. The average Bonchev–Trinajstić information content (AvgIpc) is 3.43. The van der Waals surface area contributed by atoms with Crippen LogP contribution in [0.5, 0.6) is 0 Å². The van der Waals surface area contributed by atoms with Crippen molar-refractivity contribution in [1.82, 2.24) is 24.7 Å². The smallest absolute Gasteiger partial charge is 0.240 e. The molecule has 1 fully saturated rings. The van der Waals surface area contributed by atoms with Crippen molar-refractivity contribution < 1.29 is 27.4 Å². The first-order chi connectivity index (χ1) is 17.1. The molecule has 2 aromatic heterocycles. The summed E-state index contributed by atoms with van der Waals surface area (Å²) in [6, 6.07) is -0.389. The van der Waals surface area contributed by atoms with Gasteiger partial charge in [0.25, 0.3) is 0 Å². The molecule has 2 aromatic rings. The SMILES string of the molecule is COCC(COC)n1c(NS(=O)(=O)C(C)C(OC(C)C)c2ncc(Cl)cn2)nnc1[C@H]1CC[C@@H](C)O1. The molecule has 1 N–H and O–H groups in total. The summed E-state index contributed by atoms with van der Waals surface area (Å²) in [6.45, 7) is 7.63. The molecule has 0 bridgehead atoms. The summed E-state index contributed by atoms with van der Waals surface area (Å²) in [7, 11) is -0.933. The molecule has 0 aromatic carbocycles. The minimum absolute atomic E-state index is 0.0411. The first-order valence-corrected chi connectivity index (χ1v) is 13.7. The lowest BCUT2D eigenvalue weighted by atomic mass is 10.2. The van der Waals surface area contributed by atoms with Crippen molar-refractivity contribution in [3.8, 4) is 0 Å². The third kappa shape index (κ3) is 6.90. The molecule has 1 aliphatic rings. The highest BCUT2D eigenvalue weighted by atomic mass is 35.5. The van der Waals surface area contributed by atoms with Gasteiger partial charge in [0.05, 0.1) is 36.5 Å². The molecule has 36 heavy (non-hydrogen) atoms. The number of sulfonamides is 1. The van der Waals surface area contributed by atoms with Gasteiger partial charge in [-0.2, -0.15) is 0 Å². The van der Waals surface area contributed by atoms with Crippen LogP contribution in [0.1, 0.15) is 70.4 Å². The highest BCUT2D eigenvalue weighted by Crippen LogP contribution is 2.35. The van der Waals surface area contributed by atoms with Gasteiger partial charge in [-0.05, 0) is 40.5 Å². The number of halogens is 1. The molecule has 202 valence electrons. The zero-order valence-electron chi connectivity index (χ0n) is 21.4. The number of ether oxygens (including phenoxy) is 4. The van der Waals surface area contributed by atoms with Crippen LogP contribution in [-0.2, 0) is 29.0 Å². The van der Waals surface area contributed by atoms with Gasteiger partial charge in [-0.25, -0.2) is 18.4 Å². The fourth-order valence-electron chi connectivity index (χ4n) is 4.05. The quantitative estimate of drug-likeness (QED) is 0.398. The van der Waals surface area contributed by atoms with Crippen molar-refractivity contribution in [3.05, 3.63) is 29.1 Å². The molecule has 0 radical (unpaired) electrons. The Hall–Kier alpha value is -1.90. The van der Waals surface area contributed by atoms with Crippen LogP contribution in [-0.4, -0.2) is 78.0 Å². The van der Waals surface area contributed by atoms with Crippen LogP contribution in [0.3, 0.4) is 0 Å². The van der Waals surface area contributed by atoms with Crippen molar-refractivity contribution in [3.63, 3.8) is 0 Å². The predicted molar refractivity (Wildman–Crippen MR) is 133 cm³/mol. The zero-order chi connectivity index (χ0) is 26.5. The van der Waals surface area contributed by atoms with Crippen LogP contribution in [0, 0.1) is 0 Å². The maximum Gasteiger partial charge on any atom is 0.240 e. The third-order valence-corrected chi connectivity index (χ3v) is 7.68. The molecular formula is C22H35ClN6O6S. The largest absolute Gasteiger partial charge is 0.382 e. The fraction of sp³-hybridized carbons (Fsp3) is 0.727. The number of nitrogens with zero attached hydrogens (tertiary/aromatic N) is 5. The molecule has 0 saturated carbocycles. The Morgan fingerprint density at radius 2 is 1.78 bits per heavy atom. The number of methoxy groups -OCH3 is 2. The molecule has 2 unspecified atom stereocenters. The topological polar surface area (TPSA) is 140 Å². The monoisotopic (exact) mass is 546 g/mol. The Kier molecular flexibility index (Phi) is 10.0. The van der Waals surface area contributed by atoms with E-state index in [1.807, 2.05) is 6.92 Å². The molecule has 4 atom stereocenters. The average molecular weight is 547 g/mol. The summed E-state index contributed by atoms with van der Waals surface area (Å²) in [4.78, 5) is 8.38. The van der Waals surface area contributed by atoms with E-state index < -0.39 is 21.4 Å². The van der Waals surface area contributed by atoms with Crippen molar-refractivity contribution in [2.75, 3.05) is 32.2 Å². The van der Waals surface area contributed by atoms with E-state index in [-0.39, 0.29) is 49.3 Å². The van der Waals surface area contributed by atoms with Crippen molar-refractivity contribution >= 4 is 27.6 Å². The van der Waals surface area contributed by atoms with E-state index in [0.29, 0.717) is 10.8 Å². The highest BCUT2D eigenvalue weighted by molar-refractivity contribution is 7.93. The van der Waals surface area contributed by atoms with E-state index in [1.165, 1.54) is 19.3 Å². The van der Waals surface area contributed by atoms with E-state index in [1.54, 1.807) is 32.6 Å². The zero-order valence-corrected chi connectivity index (χ0v) is 23.0. The van der Waals surface area contributed by atoms with Crippen LogP contribution in [0.2, 0.25) is 5.02 Å². The Morgan fingerprint density at radius 1 is 1.14 bits per heavy atom. The lowest BCUT2D eigenvalue weighted by Crippen LogP contribution is -2.35. The normalized spacial score (nSPS) is 20.2. The molecule has 1 saturated heterocycles. The molecule has 0 spiro atoms. The Labute approximate surface area is 217 Å². The number of nitrogens with one attached hydrogen (secondary N) is 1. The number of anilines is 1. The summed E-state index contributed by atoms with van der Waals surface area (Å²) in [6.07, 6.45) is 2.92. The molecule has 0 aliphatic carbocycles. The molecule has 12 nitrogen and oxygen atoms in total. The first-order valence-electron chi connectivity index (χ1n) is 11.8. The van der Waals surface area contributed by atoms with Gasteiger partial charge in [0.1, 0.15) is 17.5 Å². The standard InChI is InChI=1S/C22H35ClN6O6S/c1-13(2)34-19(20-24-9-16(23)10-25-20)15(4)36(30,31)28-22-27-26-21(18-8-7-14(3)35-18)29(22)17(11-32-5)12-33-6/h9-10,13-15,17-19H,7-8,11-12H2,1-6H3,(H,27,28)/t14-,15?,18-,19?/m1/s1. The summed E-state index contributed by atoms with van der Waals surface area (Å²) in [5.41, 5.74) is 0. The molecule has 0 amide bonds. The number of hydrogen-bond donors (Lipinski definition) is 1. The molecule has 1 aliphatic heterocycles. The molecule has 14 heteroatoms. The molecular weight excluding hydrogens is 512 g/mol. The summed E-state index contributed by atoms with van der Waals surface area (Å²) >= 11 is 5.92. The van der Waals surface area contributed by atoms with Gasteiger partial charge in [0, 0.05) is 26.6 Å². The van der Waals surface area contributed by atoms with Crippen LogP contribution in [0.4, 0.5) is 5.95 Å². The maximum absolute atomic E-state index is 13.6. The maximum atomic E-state index is 13.6. The van der Waals surface area contributed by atoms with Gasteiger partial charge >= 0.3 is 0 Å². The van der Waals surface area contributed by atoms with Crippen LogP contribution in [0.25, 0.3) is 0 Å². The van der Waals surface area contributed by atoms with Crippen molar-refractivity contribution in [1.29, 1.82) is 0 Å². The Balaban J connectivity index is 1.97. The van der Waals surface area contributed by atoms with Crippen molar-refractivity contribution in [2.24, 2.45) is 0 Å².